The second-order valence-corrected chi connectivity index (χ2v) is 9.77. The molecule has 1 aromatic heterocycles. The van der Waals surface area contributed by atoms with Crippen molar-refractivity contribution in [2.75, 3.05) is 0 Å². The molecule has 0 aliphatic heterocycles. The number of hydrogen-bond donors (Lipinski definition) is 2. The Morgan fingerprint density at radius 2 is 1.86 bits per heavy atom. The predicted octanol–water partition coefficient (Wildman–Crippen LogP) is 4.30. The Labute approximate surface area is 176 Å². The first-order valence-corrected chi connectivity index (χ1v) is 11.6. The lowest BCUT2D eigenvalue weighted by Gasteiger charge is -2.30. The van der Waals surface area contributed by atoms with Gasteiger partial charge in [0, 0.05) is 17.5 Å². The van der Waals surface area contributed by atoms with Crippen LogP contribution in [0.1, 0.15) is 62.7 Å². The summed E-state index contributed by atoms with van der Waals surface area (Å²) in [4.78, 5) is 30.2. The van der Waals surface area contributed by atoms with Crippen LogP contribution in [0, 0.1) is 5.92 Å². The SMILES string of the molecule is CC(Sc1cc(C(=O)NC2CC2)c2ccccc2n1)C(=O)NC1CCCCC1C. The minimum Gasteiger partial charge on any atom is -0.352 e. The van der Waals surface area contributed by atoms with E-state index in [9.17, 15) is 9.59 Å². The van der Waals surface area contributed by atoms with Gasteiger partial charge in [0.05, 0.1) is 21.4 Å². The first-order chi connectivity index (χ1) is 14.0. The fourth-order valence-electron chi connectivity index (χ4n) is 3.96. The average Bonchev–Trinajstić information content (AvgIpc) is 3.53. The number of pyridine rings is 1. The van der Waals surface area contributed by atoms with Crippen molar-refractivity contribution in [2.24, 2.45) is 5.92 Å². The predicted molar refractivity (Wildman–Crippen MR) is 117 cm³/mol. The molecule has 0 radical (unpaired) electrons. The Balaban J connectivity index is 1.50. The first kappa shape index (κ1) is 20.2. The van der Waals surface area contributed by atoms with Crippen molar-refractivity contribution in [2.45, 2.75) is 74.7 Å². The van der Waals surface area contributed by atoms with Gasteiger partial charge in [-0.3, -0.25) is 9.59 Å². The zero-order chi connectivity index (χ0) is 20.4. The van der Waals surface area contributed by atoms with Crippen LogP contribution in [0.2, 0.25) is 0 Å². The molecule has 1 aromatic carbocycles. The molecule has 4 rings (SSSR count). The molecule has 2 aromatic rings. The van der Waals surface area contributed by atoms with Crippen LogP contribution in [0.25, 0.3) is 10.9 Å². The van der Waals surface area contributed by atoms with E-state index in [0.717, 1.165) is 30.2 Å². The molecule has 2 N–H and O–H groups in total. The van der Waals surface area contributed by atoms with E-state index in [2.05, 4.69) is 17.6 Å². The Hall–Kier alpha value is -2.08. The number of para-hydroxylation sites is 1. The van der Waals surface area contributed by atoms with Gasteiger partial charge in [0.15, 0.2) is 0 Å². The van der Waals surface area contributed by atoms with Gasteiger partial charge in [-0.1, -0.05) is 49.7 Å². The highest BCUT2D eigenvalue weighted by Crippen LogP contribution is 2.29. The van der Waals surface area contributed by atoms with Crippen LogP contribution >= 0.6 is 11.8 Å². The molecule has 3 unspecified atom stereocenters. The minimum absolute atomic E-state index is 0.0488. The molecule has 2 amide bonds. The largest absolute Gasteiger partial charge is 0.352 e. The van der Waals surface area contributed by atoms with Gasteiger partial charge in [0.2, 0.25) is 5.91 Å². The highest BCUT2D eigenvalue weighted by atomic mass is 32.2. The lowest BCUT2D eigenvalue weighted by molar-refractivity contribution is -0.121. The second kappa shape index (κ2) is 8.74. The Bertz CT molecular complexity index is 912. The molecule has 5 nitrogen and oxygen atoms in total. The third-order valence-electron chi connectivity index (χ3n) is 5.96. The number of rotatable bonds is 6. The van der Waals surface area contributed by atoms with Crippen LogP contribution in [0.4, 0.5) is 0 Å². The number of nitrogens with zero attached hydrogens (tertiary/aromatic N) is 1. The molecule has 0 saturated heterocycles. The molecule has 1 heterocycles. The smallest absolute Gasteiger partial charge is 0.252 e. The normalized spacial score (nSPS) is 22.8. The topological polar surface area (TPSA) is 71.1 Å². The van der Waals surface area contributed by atoms with Gasteiger partial charge in [-0.2, -0.15) is 0 Å². The average molecular weight is 412 g/mol. The number of carbonyl (C=O) groups is 2. The molecule has 2 aliphatic rings. The molecule has 29 heavy (non-hydrogen) atoms. The highest BCUT2D eigenvalue weighted by Gasteiger charge is 2.27. The van der Waals surface area contributed by atoms with Crippen molar-refractivity contribution < 1.29 is 9.59 Å². The number of carbonyl (C=O) groups excluding carboxylic acids is 2. The van der Waals surface area contributed by atoms with E-state index in [0.29, 0.717) is 22.5 Å². The van der Waals surface area contributed by atoms with E-state index < -0.39 is 0 Å². The van der Waals surface area contributed by atoms with Crippen LogP contribution in [0.15, 0.2) is 35.4 Å². The summed E-state index contributed by atoms with van der Waals surface area (Å²) in [5, 5.41) is 7.60. The van der Waals surface area contributed by atoms with Gasteiger partial charge in [-0.05, 0) is 50.7 Å². The number of thioether (sulfide) groups is 1. The maximum absolute atomic E-state index is 12.8. The van der Waals surface area contributed by atoms with E-state index in [1.807, 2.05) is 37.3 Å². The van der Waals surface area contributed by atoms with Crippen molar-refractivity contribution in [1.82, 2.24) is 15.6 Å². The van der Waals surface area contributed by atoms with Crippen LogP contribution < -0.4 is 10.6 Å². The molecule has 2 saturated carbocycles. The lowest BCUT2D eigenvalue weighted by Crippen LogP contribution is -2.44. The van der Waals surface area contributed by atoms with Gasteiger partial charge < -0.3 is 10.6 Å². The zero-order valence-electron chi connectivity index (χ0n) is 17.1. The lowest BCUT2D eigenvalue weighted by atomic mass is 9.86. The van der Waals surface area contributed by atoms with Crippen LogP contribution in [-0.2, 0) is 4.79 Å². The molecule has 2 aliphatic carbocycles. The van der Waals surface area contributed by atoms with Gasteiger partial charge >= 0.3 is 0 Å². The first-order valence-electron chi connectivity index (χ1n) is 10.7. The minimum atomic E-state index is -0.267. The molecular weight excluding hydrogens is 382 g/mol. The van der Waals surface area contributed by atoms with E-state index in [4.69, 9.17) is 4.98 Å². The number of fused-ring (bicyclic) bond motifs is 1. The number of amides is 2. The van der Waals surface area contributed by atoms with Crippen LogP contribution in [-0.4, -0.2) is 34.1 Å². The third-order valence-corrected chi connectivity index (χ3v) is 6.97. The van der Waals surface area contributed by atoms with Crippen molar-refractivity contribution in [1.29, 1.82) is 0 Å². The fraction of sp³-hybridized carbons (Fsp3) is 0.522. The number of hydrogen-bond acceptors (Lipinski definition) is 4. The van der Waals surface area contributed by atoms with E-state index in [1.165, 1.54) is 31.0 Å². The van der Waals surface area contributed by atoms with Crippen LogP contribution in [0.3, 0.4) is 0 Å². The molecule has 3 atom stereocenters. The monoisotopic (exact) mass is 411 g/mol. The van der Waals surface area contributed by atoms with Gasteiger partial charge in [0.25, 0.3) is 5.91 Å². The highest BCUT2D eigenvalue weighted by molar-refractivity contribution is 8.00. The maximum atomic E-state index is 12.8. The van der Waals surface area contributed by atoms with Gasteiger partial charge in [-0.25, -0.2) is 4.98 Å². The quantitative estimate of drug-likeness (QED) is 0.695. The molecule has 0 bridgehead atoms. The van der Waals surface area contributed by atoms with Crippen molar-refractivity contribution >= 4 is 34.5 Å². The zero-order valence-corrected chi connectivity index (χ0v) is 17.9. The summed E-state index contributed by atoms with van der Waals surface area (Å²) < 4.78 is 0. The van der Waals surface area contributed by atoms with E-state index in [-0.39, 0.29) is 23.1 Å². The van der Waals surface area contributed by atoms with E-state index >= 15 is 0 Å². The summed E-state index contributed by atoms with van der Waals surface area (Å²) in [6.45, 7) is 4.13. The van der Waals surface area contributed by atoms with Crippen molar-refractivity contribution in [3.8, 4) is 0 Å². The van der Waals surface area contributed by atoms with Crippen molar-refractivity contribution in [3.05, 3.63) is 35.9 Å². The summed E-state index contributed by atoms with van der Waals surface area (Å²) >= 11 is 1.42. The fourth-order valence-corrected chi connectivity index (χ4v) is 4.83. The Morgan fingerprint density at radius 1 is 1.10 bits per heavy atom. The Morgan fingerprint density at radius 3 is 2.62 bits per heavy atom. The maximum Gasteiger partial charge on any atom is 0.252 e. The molecule has 2 fully saturated rings. The molecular formula is C23H29N3O2S. The number of aromatic nitrogens is 1. The summed E-state index contributed by atoms with van der Waals surface area (Å²) in [6.07, 6.45) is 6.77. The van der Waals surface area contributed by atoms with E-state index in [1.54, 1.807) is 0 Å². The summed E-state index contributed by atoms with van der Waals surface area (Å²) in [6, 6.07) is 10.1. The Kier molecular flexibility index (Phi) is 6.09. The van der Waals surface area contributed by atoms with Crippen molar-refractivity contribution in [3.63, 3.8) is 0 Å². The van der Waals surface area contributed by atoms with Gasteiger partial charge in [-0.15, -0.1) is 0 Å². The second-order valence-electron chi connectivity index (χ2n) is 8.41. The summed E-state index contributed by atoms with van der Waals surface area (Å²) in [7, 11) is 0. The summed E-state index contributed by atoms with van der Waals surface area (Å²) in [5.74, 6) is 0.523. The standard InChI is InChI=1S/C23H29N3O2S/c1-14-7-3-5-9-19(14)26-22(27)15(2)29-21-13-18(23(28)24-16-11-12-16)17-8-4-6-10-20(17)25-21/h4,6,8,10,13-16,19H,3,5,7,9,11-12H2,1-2H3,(H,24,28)(H,26,27). The number of nitrogens with one attached hydrogen (secondary N) is 2. The van der Waals surface area contributed by atoms with Gasteiger partial charge in [0.1, 0.15) is 0 Å². The third kappa shape index (κ3) is 4.92. The van der Waals surface area contributed by atoms with Crippen LogP contribution in [0.5, 0.6) is 0 Å². The molecule has 154 valence electrons. The summed E-state index contributed by atoms with van der Waals surface area (Å²) in [5.41, 5.74) is 1.42. The number of benzene rings is 1. The molecule has 0 spiro atoms. The molecule has 6 heteroatoms.